The van der Waals surface area contributed by atoms with E-state index in [-0.39, 0.29) is 11.2 Å². The van der Waals surface area contributed by atoms with Gasteiger partial charge in [-0.15, -0.1) is 0 Å². The van der Waals surface area contributed by atoms with Crippen molar-refractivity contribution in [1.29, 1.82) is 0 Å². The minimum absolute atomic E-state index is 0.162. The van der Waals surface area contributed by atoms with Gasteiger partial charge in [-0.2, -0.15) is 0 Å². The molecule has 0 aromatic rings. The summed E-state index contributed by atoms with van der Waals surface area (Å²) in [6.07, 6.45) is 6.40. The predicted molar refractivity (Wildman–Crippen MR) is 73.3 cm³/mol. The zero-order valence-corrected chi connectivity index (χ0v) is 12.5. The van der Waals surface area contributed by atoms with Crippen LogP contribution in [0, 0.1) is 11.3 Å². The van der Waals surface area contributed by atoms with Gasteiger partial charge in [-0.3, -0.25) is 0 Å². The lowest BCUT2D eigenvalue weighted by atomic mass is 9.71. The van der Waals surface area contributed by atoms with Crippen molar-refractivity contribution in [2.24, 2.45) is 11.3 Å². The fourth-order valence-corrected chi connectivity index (χ4v) is 3.23. The van der Waals surface area contributed by atoms with Crippen LogP contribution in [0.2, 0.25) is 0 Å². The third-order valence-corrected chi connectivity index (χ3v) is 4.87. The highest BCUT2D eigenvalue weighted by molar-refractivity contribution is 7.90. The van der Waals surface area contributed by atoms with Gasteiger partial charge in [0, 0.05) is 24.8 Å². The Hall–Kier alpha value is -0.420. The maximum atomic E-state index is 11.4. The molecule has 0 aromatic carbocycles. The van der Waals surface area contributed by atoms with E-state index >= 15 is 0 Å². The highest BCUT2D eigenvalue weighted by Gasteiger charge is 2.34. The number of hydrogen-bond donors (Lipinski definition) is 0. The third kappa shape index (κ3) is 5.06. The number of nitrogens with zero attached hydrogens (tertiary/aromatic N) is 1. The first kappa shape index (κ1) is 15.6. The minimum Gasteiger partial charge on any atom is -0.304 e. The van der Waals surface area contributed by atoms with Crippen LogP contribution in [0.3, 0.4) is 0 Å². The average molecular weight is 275 g/mol. The second-order valence-corrected chi connectivity index (χ2v) is 8.29. The normalized spacial score (nSPS) is 29.4. The van der Waals surface area contributed by atoms with Crippen LogP contribution in [0.5, 0.6) is 0 Å². The van der Waals surface area contributed by atoms with Crippen LogP contribution in [0.4, 0.5) is 0 Å². The molecule has 0 atom stereocenters. The van der Waals surface area contributed by atoms with Crippen LogP contribution in [-0.4, -0.2) is 51.7 Å². The molecular formula is C13H25NO3S. The highest BCUT2D eigenvalue weighted by atomic mass is 32.2. The van der Waals surface area contributed by atoms with E-state index < -0.39 is 9.84 Å². The van der Waals surface area contributed by atoms with Gasteiger partial charge in [0.05, 0.1) is 5.75 Å². The summed E-state index contributed by atoms with van der Waals surface area (Å²) in [6.45, 7) is 3.41. The van der Waals surface area contributed by atoms with E-state index in [1.807, 2.05) is 11.9 Å². The van der Waals surface area contributed by atoms with E-state index in [0.29, 0.717) is 19.0 Å². The molecule has 0 radical (unpaired) electrons. The average Bonchev–Trinajstić information content (AvgIpc) is 2.29. The molecule has 0 heterocycles. The molecule has 0 spiro atoms. The van der Waals surface area contributed by atoms with Gasteiger partial charge in [-0.1, -0.05) is 6.92 Å². The Balaban J connectivity index is 2.50. The Morgan fingerprint density at radius 1 is 1.33 bits per heavy atom. The Morgan fingerprint density at radius 2 is 1.89 bits per heavy atom. The quantitative estimate of drug-likeness (QED) is 0.687. The van der Waals surface area contributed by atoms with E-state index in [0.717, 1.165) is 32.0 Å². The predicted octanol–water partition coefficient (Wildman–Crippen LogP) is 1.36. The van der Waals surface area contributed by atoms with Gasteiger partial charge in [0.1, 0.15) is 16.1 Å². The zero-order valence-electron chi connectivity index (χ0n) is 11.7. The zero-order chi connectivity index (χ0) is 13.8. The van der Waals surface area contributed by atoms with Crippen LogP contribution >= 0.6 is 0 Å². The molecule has 0 bridgehead atoms. The van der Waals surface area contributed by atoms with E-state index in [2.05, 4.69) is 6.92 Å². The Labute approximate surface area is 111 Å². The molecule has 0 N–H and O–H groups in total. The molecule has 5 heteroatoms. The van der Waals surface area contributed by atoms with Gasteiger partial charge in [-0.25, -0.2) is 8.42 Å². The van der Waals surface area contributed by atoms with Gasteiger partial charge >= 0.3 is 0 Å². The Kier molecular flexibility index (Phi) is 5.34. The Bertz CT molecular complexity index is 370. The number of carbonyl (C=O) groups is 1. The van der Waals surface area contributed by atoms with Gasteiger partial charge < -0.3 is 9.69 Å². The molecule has 0 unspecified atom stereocenters. The molecule has 0 aliphatic heterocycles. The SMILES string of the molecule is CC1CCC(C=O)(CN(C)CCS(C)(=O)=O)CC1. The molecule has 18 heavy (non-hydrogen) atoms. The van der Waals surface area contributed by atoms with Crippen molar-refractivity contribution >= 4 is 16.1 Å². The number of rotatable bonds is 6. The summed E-state index contributed by atoms with van der Waals surface area (Å²) in [5, 5.41) is 0. The number of aldehydes is 1. The number of sulfone groups is 1. The first-order valence-corrected chi connectivity index (χ1v) is 8.65. The van der Waals surface area contributed by atoms with Gasteiger partial charge in [0.25, 0.3) is 0 Å². The number of hydrogen-bond acceptors (Lipinski definition) is 4. The molecule has 106 valence electrons. The summed E-state index contributed by atoms with van der Waals surface area (Å²) < 4.78 is 22.2. The fourth-order valence-electron chi connectivity index (χ4n) is 2.59. The molecule has 1 aliphatic carbocycles. The van der Waals surface area contributed by atoms with Crippen LogP contribution in [0.25, 0.3) is 0 Å². The van der Waals surface area contributed by atoms with E-state index in [4.69, 9.17) is 0 Å². The van der Waals surface area contributed by atoms with Crippen molar-refractivity contribution in [3.05, 3.63) is 0 Å². The van der Waals surface area contributed by atoms with Crippen LogP contribution in [0.15, 0.2) is 0 Å². The summed E-state index contributed by atoms with van der Waals surface area (Å²) in [5.74, 6) is 0.869. The van der Waals surface area contributed by atoms with E-state index in [9.17, 15) is 13.2 Å². The summed E-state index contributed by atoms with van der Waals surface area (Å²) >= 11 is 0. The summed E-state index contributed by atoms with van der Waals surface area (Å²) in [6, 6.07) is 0. The van der Waals surface area contributed by atoms with Crippen molar-refractivity contribution < 1.29 is 13.2 Å². The minimum atomic E-state index is -2.93. The molecule has 1 rings (SSSR count). The van der Waals surface area contributed by atoms with E-state index in [1.165, 1.54) is 6.26 Å². The molecule has 4 nitrogen and oxygen atoms in total. The van der Waals surface area contributed by atoms with E-state index in [1.54, 1.807) is 0 Å². The smallest absolute Gasteiger partial charge is 0.148 e. The fraction of sp³-hybridized carbons (Fsp3) is 0.923. The lowest BCUT2D eigenvalue weighted by Crippen LogP contribution is -2.41. The molecule has 0 amide bonds. The Morgan fingerprint density at radius 3 is 2.33 bits per heavy atom. The van der Waals surface area contributed by atoms with Crippen molar-refractivity contribution in [3.8, 4) is 0 Å². The summed E-state index contributed by atoms with van der Waals surface area (Å²) in [7, 11) is -1.03. The van der Waals surface area contributed by atoms with Crippen molar-refractivity contribution in [1.82, 2.24) is 4.90 Å². The van der Waals surface area contributed by atoms with Crippen LogP contribution in [-0.2, 0) is 14.6 Å². The third-order valence-electron chi connectivity index (χ3n) is 3.95. The van der Waals surface area contributed by atoms with Crippen molar-refractivity contribution in [2.45, 2.75) is 32.6 Å². The number of carbonyl (C=O) groups excluding carboxylic acids is 1. The van der Waals surface area contributed by atoms with Crippen LogP contribution in [0.1, 0.15) is 32.6 Å². The second-order valence-electron chi connectivity index (χ2n) is 6.03. The maximum Gasteiger partial charge on any atom is 0.148 e. The first-order chi connectivity index (χ1) is 8.26. The topological polar surface area (TPSA) is 54.5 Å². The highest BCUT2D eigenvalue weighted by Crippen LogP contribution is 2.37. The van der Waals surface area contributed by atoms with Crippen LogP contribution < -0.4 is 0 Å². The summed E-state index contributed by atoms with van der Waals surface area (Å²) in [4.78, 5) is 13.4. The first-order valence-electron chi connectivity index (χ1n) is 6.59. The molecule has 1 aliphatic rings. The van der Waals surface area contributed by atoms with Gasteiger partial charge in [0.15, 0.2) is 0 Å². The summed E-state index contributed by atoms with van der Waals surface area (Å²) in [5.41, 5.74) is -0.251. The maximum absolute atomic E-state index is 11.4. The molecule has 0 aromatic heterocycles. The molecule has 1 saturated carbocycles. The van der Waals surface area contributed by atoms with Gasteiger partial charge in [-0.05, 0) is 38.6 Å². The molecule has 0 saturated heterocycles. The molecule has 1 fully saturated rings. The lowest BCUT2D eigenvalue weighted by Gasteiger charge is -2.37. The largest absolute Gasteiger partial charge is 0.304 e. The van der Waals surface area contributed by atoms with Crippen molar-refractivity contribution in [2.75, 3.05) is 32.1 Å². The monoisotopic (exact) mass is 275 g/mol. The second kappa shape index (κ2) is 6.15. The lowest BCUT2D eigenvalue weighted by molar-refractivity contribution is -0.119. The van der Waals surface area contributed by atoms with Gasteiger partial charge in [0.2, 0.25) is 0 Å². The standard InChI is InChI=1S/C13H25NO3S/c1-12-4-6-13(11-15,7-5-12)10-14(2)8-9-18(3,16)17/h11-12H,4-10H2,1-3H3. The van der Waals surface area contributed by atoms with Crippen molar-refractivity contribution in [3.63, 3.8) is 0 Å². The molecular weight excluding hydrogens is 250 g/mol.